The Labute approximate surface area is 164 Å². The fraction of sp³-hybridized carbons (Fsp3) is 0.400. The summed E-state index contributed by atoms with van der Waals surface area (Å²) in [4.78, 5) is 22.1. The van der Waals surface area contributed by atoms with Gasteiger partial charge in [0, 0.05) is 37.1 Å². The molecule has 1 amide bonds. The van der Waals surface area contributed by atoms with Crippen LogP contribution in [0.15, 0.2) is 52.8 Å². The van der Waals surface area contributed by atoms with Crippen molar-refractivity contribution in [2.45, 2.75) is 18.5 Å². The van der Waals surface area contributed by atoms with E-state index in [1.807, 2.05) is 35.2 Å². The van der Waals surface area contributed by atoms with E-state index in [2.05, 4.69) is 52.1 Å². The highest BCUT2D eigenvalue weighted by Crippen LogP contribution is 2.23. The molecular formula is C20H27N5OS. The molecule has 2 heterocycles. The van der Waals surface area contributed by atoms with Crippen molar-refractivity contribution in [3.63, 3.8) is 0 Å². The minimum atomic E-state index is 0.0449. The molecule has 2 atom stereocenters. The number of guanidine groups is 1. The van der Waals surface area contributed by atoms with Crippen LogP contribution in [-0.4, -0.2) is 57.0 Å². The van der Waals surface area contributed by atoms with Gasteiger partial charge in [0.05, 0.1) is 12.1 Å². The van der Waals surface area contributed by atoms with Crippen LogP contribution in [0.4, 0.5) is 5.69 Å². The summed E-state index contributed by atoms with van der Waals surface area (Å²) in [7, 11) is 5.92. The lowest BCUT2D eigenvalue weighted by molar-refractivity contribution is -0.117. The largest absolute Gasteiger partial charge is 0.354 e. The zero-order valence-electron chi connectivity index (χ0n) is 16.1. The Kier molecular flexibility index (Phi) is 6.47. The normalized spacial score (nSPS) is 18.8. The van der Waals surface area contributed by atoms with Crippen molar-refractivity contribution in [2.24, 2.45) is 4.99 Å². The van der Waals surface area contributed by atoms with E-state index in [1.165, 1.54) is 4.88 Å². The molecule has 1 aromatic heterocycles. The summed E-state index contributed by atoms with van der Waals surface area (Å²) in [5.41, 5.74) is 0.945. The monoisotopic (exact) mass is 385 g/mol. The predicted molar refractivity (Wildman–Crippen MR) is 112 cm³/mol. The maximum atomic E-state index is 12.4. The smallest absolute Gasteiger partial charge is 0.229 e. The number of rotatable bonds is 6. The lowest BCUT2D eigenvalue weighted by Gasteiger charge is -2.25. The Morgan fingerprint density at radius 2 is 2.07 bits per heavy atom. The number of amides is 1. The van der Waals surface area contributed by atoms with Crippen LogP contribution in [0.5, 0.6) is 0 Å². The van der Waals surface area contributed by atoms with E-state index < -0.39 is 0 Å². The van der Waals surface area contributed by atoms with Crippen LogP contribution >= 0.6 is 11.3 Å². The molecule has 144 valence electrons. The molecular weight excluding hydrogens is 358 g/mol. The van der Waals surface area contributed by atoms with Crippen molar-refractivity contribution < 1.29 is 4.79 Å². The van der Waals surface area contributed by atoms with Gasteiger partial charge in [-0.25, -0.2) is 0 Å². The summed E-state index contributed by atoms with van der Waals surface area (Å²) < 4.78 is 0. The third kappa shape index (κ3) is 4.87. The van der Waals surface area contributed by atoms with Gasteiger partial charge < -0.3 is 20.4 Å². The molecule has 1 saturated heterocycles. The number of nitrogens with zero attached hydrogens (tertiary/aromatic N) is 3. The van der Waals surface area contributed by atoms with Gasteiger partial charge in [0.1, 0.15) is 0 Å². The number of benzene rings is 1. The number of para-hydroxylation sites is 1. The fourth-order valence-electron chi connectivity index (χ4n) is 3.26. The van der Waals surface area contributed by atoms with Gasteiger partial charge in [-0.2, -0.15) is 0 Å². The van der Waals surface area contributed by atoms with Crippen LogP contribution in [0, 0.1) is 0 Å². The second-order valence-corrected chi connectivity index (χ2v) is 7.81. The van der Waals surface area contributed by atoms with E-state index in [0.29, 0.717) is 13.0 Å². The molecule has 0 spiro atoms. The molecule has 1 aliphatic rings. The highest BCUT2D eigenvalue weighted by Gasteiger charge is 2.31. The first-order valence-electron chi connectivity index (χ1n) is 9.11. The number of likely N-dealkylation sites (N-methyl/N-ethyl adjacent to an activating group) is 1. The first kappa shape index (κ1) is 19.4. The third-order valence-electron chi connectivity index (χ3n) is 4.72. The Morgan fingerprint density at radius 3 is 2.70 bits per heavy atom. The van der Waals surface area contributed by atoms with Crippen molar-refractivity contribution in [3.05, 3.63) is 52.7 Å². The highest BCUT2D eigenvalue weighted by molar-refractivity contribution is 7.10. The van der Waals surface area contributed by atoms with Crippen LogP contribution in [0.3, 0.4) is 0 Å². The van der Waals surface area contributed by atoms with Crippen molar-refractivity contribution in [1.82, 2.24) is 15.5 Å². The number of hydrogen-bond acceptors (Lipinski definition) is 4. The molecule has 0 aliphatic carbocycles. The number of thiophene rings is 1. The molecule has 7 heteroatoms. The van der Waals surface area contributed by atoms with Gasteiger partial charge in [0.15, 0.2) is 5.96 Å². The van der Waals surface area contributed by atoms with Crippen molar-refractivity contribution in [1.29, 1.82) is 0 Å². The minimum Gasteiger partial charge on any atom is -0.354 e. The SMILES string of the molecule is CN=C(NCC(c1cccs1)N(C)C)NC1CC(=O)N(c2ccccc2)C1. The van der Waals surface area contributed by atoms with Crippen LogP contribution in [-0.2, 0) is 4.79 Å². The van der Waals surface area contributed by atoms with Crippen molar-refractivity contribution >= 4 is 28.9 Å². The zero-order valence-corrected chi connectivity index (χ0v) is 16.9. The maximum Gasteiger partial charge on any atom is 0.229 e. The van der Waals surface area contributed by atoms with Crippen molar-refractivity contribution in [2.75, 3.05) is 39.1 Å². The fourth-order valence-corrected chi connectivity index (χ4v) is 4.18. The average Bonchev–Trinajstić information content (AvgIpc) is 3.31. The van der Waals surface area contributed by atoms with Gasteiger partial charge in [-0.05, 0) is 37.7 Å². The Hall–Kier alpha value is -2.38. The molecule has 3 rings (SSSR count). The molecule has 2 unspecified atom stereocenters. The third-order valence-corrected chi connectivity index (χ3v) is 5.69. The first-order valence-corrected chi connectivity index (χ1v) is 9.99. The molecule has 27 heavy (non-hydrogen) atoms. The first-order chi connectivity index (χ1) is 13.1. The van der Waals surface area contributed by atoms with E-state index in [9.17, 15) is 4.79 Å². The van der Waals surface area contributed by atoms with Gasteiger partial charge in [-0.15, -0.1) is 11.3 Å². The molecule has 6 nitrogen and oxygen atoms in total. The van der Waals surface area contributed by atoms with Crippen LogP contribution in [0.25, 0.3) is 0 Å². The topological polar surface area (TPSA) is 60.0 Å². The van der Waals surface area contributed by atoms with E-state index in [4.69, 9.17) is 0 Å². The molecule has 2 N–H and O–H groups in total. The number of carbonyl (C=O) groups excluding carboxylic acids is 1. The molecule has 0 bridgehead atoms. The van der Waals surface area contributed by atoms with E-state index >= 15 is 0 Å². The minimum absolute atomic E-state index is 0.0449. The quantitative estimate of drug-likeness (QED) is 0.592. The second kappa shape index (κ2) is 9.01. The summed E-state index contributed by atoms with van der Waals surface area (Å²) in [6.45, 7) is 1.39. The maximum absolute atomic E-state index is 12.4. The summed E-state index contributed by atoms with van der Waals surface area (Å²) in [5.74, 6) is 0.866. The zero-order chi connectivity index (χ0) is 19.2. The predicted octanol–water partition coefficient (Wildman–Crippen LogP) is 2.32. The number of nitrogens with one attached hydrogen (secondary N) is 2. The summed E-state index contributed by atoms with van der Waals surface area (Å²) in [6, 6.07) is 14.3. The summed E-state index contributed by atoms with van der Waals surface area (Å²) in [5, 5.41) is 8.90. The molecule has 1 fully saturated rings. The van der Waals surface area contributed by atoms with Crippen LogP contribution < -0.4 is 15.5 Å². The molecule has 1 aromatic carbocycles. The molecule has 0 saturated carbocycles. The number of carbonyl (C=O) groups is 1. The van der Waals surface area contributed by atoms with Gasteiger partial charge in [-0.3, -0.25) is 9.79 Å². The lowest BCUT2D eigenvalue weighted by Crippen LogP contribution is -2.46. The van der Waals surface area contributed by atoms with E-state index in [1.54, 1.807) is 18.4 Å². The Balaban J connectivity index is 1.57. The molecule has 2 aromatic rings. The Morgan fingerprint density at radius 1 is 1.30 bits per heavy atom. The molecule has 0 radical (unpaired) electrons. The summed E-state index contributed by atoms with van der Waals surface area (Å²) >= 11 is 1.76. The van der Waals surface area contributed by atoms with E-state index in [0.717, 1.165) is 18.2 Å². The highest BCUT2D eigenvalue weighted by atomic mass is 32.1. The lowest BCUT2D eigenvalue weighted by atomic mass is 10.2. The second-order valence-electron chi connectivity index (χ2n) is 6.83. The van der Waals surface area contributed by atoms with Crippen molar-refractivity contribution in [3.8, 4) is 0 Å². The number of aliphatic imine (C=N–C) groups is 1. The standard InChI is InChI=1S/C20H27N5OS/c1-21-20(22-13-17(24(2)3)18-10-7-11-27-18)23-15-12-19(26)25(14-15)16-8-5-4-6-9-16/h4-11,15,17H,12-14H2,1-3H3,(H2,21,22,23). The summed E-state index contributed by atoms with van der Waals surface area (Å²) in [6.07, 6.45) is 0.470. The number of anilines is 1. The van der Waals surface area contributed by atoms with Gasteiger partial charge in [-0.1, -0.05) is 24.3 Å². The molecule has 1 aliphatic heterocycles. The average molecular weight is 386 g/mol. The van der Waals surface area contributed by atoms with Crippen LogP contribution in [0.2, 0.25) is 0 Å². The van der Waals surface area contributed by atoms with Gasteiger partial charge in [0.25, 0.3) is 0 Å². The van der Waals surface area contributed by atoms with Gasteiger partial charge >= 0.3 is 0 Å². The van der Waals surface area contributed by atoms with Crippen LogP contribution in [0.1, 0.15) is 17.3 Å². The van der Waals surface area contributed by atoms with Gasteiger partial charge in [0.2, 0.25) is 5.91 Å². The Bertz CT molecular complexity index is 760. The van der Waals surface area contributed by atoms with E-state index in [-0.39, 0.29) is 18.0 Å². The number of hydrogen-bond donors (Lipinski definition) is 2.